The van der Waals surface area contributed by atoms with Gasteiger partial charge in [0, 0.05) is 5.39 Å². The van der Waals surface area contributed by atoms with Crippen molar-refractivity contribution in [3.8, 4) is 11.5 Å². The predicted molar refractivity (Wildman–Crippen MR) is 154 cm³/mol. The smallest absolute Gasteiger partial charge is 0.293 e. The maximum absolute atomic E-state index is 13.0. The number of imide groups is 1. The van der Waals surface area contributed by atoms with Gasteiger partial charge in [-0.05, 0) is 59.5 Å². The number of carbonyl (C=O) groups is 2. The number of rotatable bonds is 8. The second-order valence-corrected chi connectivity index (χ2v) is 10.6. The first-order chi connectivity index (χ1) is 18.4. The molecule has 0 unspecified atom stereocenters. The molecule has 1 saturated heterocycles. The first-order valence-corrected chi connectivity index (χ1v) is 13.5. The number of nitrogens with zero attached hydrogens (tertiary/aromatic N) is 1. The number of hydrogen-bond acceptors (Lipinski definition) is 5. The van der Waals surface area contributed by atoms with E-state index in [9.17, 15) is 9.59 Å². The van der Waals surface area contributed by atoms with Crippen LogP contribution in [0.2, 0.25) is 10.0 Å². The summed E-state index contributed by atoms with van der Waals surface area (Å²) in [5.74, 6) is 0.693. The molecule has 0 aliphatic carbocycles. The fourth-order valence-electron chi connectivity index (χ4n) is 4.17. The van der Waals surface area contributed by atoms with Crippen molar-refractivity contribution in [2.75, 3.05) is 13.2 Å². The van der Waals surface area contributed by atoms with Crippen molar-refractivity contribution in [3.05, 3.63) is 111 Å². The van der Waals surface area contributed by atoms with Crippen LogP contribution in [0, 0.1) is 6.92 Å². The summed E-state index contributed by atoms with van der Waals surface area (Å²) in [6.07, 6.45) is 1.61. The maximum atomic E-state index is 13.0. The average Bonchev–Trinajstić information content (AvgIpc) is 3.15. The molecule has 1 heterocycles. The zero-order chi connectivity index (χ0) is 26.6. The Morgan fingerprint density at radius 1 is 0.895 bits per heavy atom. The SMILES string of the molecule is Cc1cccc(COc2c(Cl)cc(/C=C3\SC(=O)N(CCOc4cccc5ccccc45)C3=O)cc2Cl)c1. The van der Waals surface area contributed by atoms with Crippen LogP contribution in [-0.4, -0.2) is 29.2 Å². The van der Waals surface area contributed by atoms with Gasteiger partial charge in [-0.15, -0.1) is 0 Å². The van der Waals surface area contributed by atoms with Crippen LogP contribution in [0.3, 0.4) is 0 Å². The molecule has 0 radical (unpaired) electrons. The Hall–Kier alpha value is -3.45. The lowest BCUT2D eigenvalue weighted by atomic mass is 10.1. The van der Waals surface area contributed by atoms with Crippen LogP contribution in [-0.2, 0) is 11.4 Å². The molecule has 0 bridgehead atoms. The molecule has 5 nitrogen and oxygen atoms in total. The number of aryl methyl sites for hydroxylation is 1. The third-order valence-corrected chi connectivity index (χ3v) is 7.45. The summed E-state index contributed by atoms with van der Waals surface area (Å²) >= 11 is 13.8. The summed E-state index contributed by atoms with van der Waals surface area (Å²) in [5.41, 5.74) is 2.73. The standard InChI is InChI=1S/C30H23Cl2NO4S/c1-19-6-4-7-20(14-19)18-37-28-24(31)15-21(16-25(28)32)17-27-29(34)33(30(35)38-27)12-13-36-26-11-5-9-22-8-2-3-10-23(22)26/h2-11,14-17H,12-13,18H2,1H3/b27-17-. The number of hydrogen-bond donors (Lipinski definition) is 0. The number of thioether (sulfide) groups is 1. The lowest BCUT2D eigenvalue weighted by molar-refractivity contribution is -0.123. The van der Waals surface area contributed by atoms with E-state index in [2.05, 4.69) is 0 Å². The first kappa shape index (κ1) is 26.2. The van der Waals surface area contributed by atoms with Crippen molar-refractivity contribution in [1.82, 2.24) is 4.90 Å². The Kier molecular flexibility index (Phi) is 7.93. The molecule has 1 fully saturated rings. The summed E-state index contributed by atoms with van der Waals surface area (Å²) in [6, 6.07) is 25.0. The zero-order valence-corrected chi connectivity index (χ0v) is 22.8. The molecule has 1 aliphatic heterocycles. The second kappa shape index (κ2) is 11.5. The summed E-state index contributed by atoms with van der Waals surface area (Å²) in [4.78, 5) is 27.0. The highest BCUT2D eigenvalue weighted by molar-refractivity contribution is 8.18. The molecule has 0 aromatic heterocycles. The van der Waals surface area contributed by atoms with Gasteiger partial charge in [0.25, 0.3) is 11.1 Å². The van der Waals surface area contributed by atoms with Gasteiger partial charge in [0.15, 0.2) is 5.75 Å². The van der Waals surface area contributed by atoms with Gasteiger partial charge in [-0.3, -0.25) is 14.5 Å². The highest BCUT2D eigenvalue weighted by Crippen LogP contribution is 2.38. The van der Waals surface area contributed by atoms with Crippen LogP contribution in [0.1, 0.15) is 16.7 Å². The van der Waals surface area contributed by atoms with Gasteiger partial charge in [0.2, 0.25) is 0 Å². The van der Waals surface area contributed by atoms with E-state index in [1.165, 1.54) is 4.90 Å². The Morgan fingerprint density at radius 3 is 2.42 bits per heavy atom. The second-order valence-electron chi connectivity index (χ2n) is 8.75. The molecule has 5 rings (SSSR count). The van der Waals surface area contributed by atoms with E-state index >= 15 is 0 Å². The van der Waals surface area contributed by atoms with E-state index in [0.717, 1.165) is 33.7 Å². The summed E-state index contributed by atoms with van der Waals surface area (Å²) in [5, 5.41) is 2.32. The molecule has 1 aliphatic rings. The van der Waals surface area contributed by atoms with Crippen LogP contribution >= 0.6 is 35.0 Å². The molecular weight excluding hydrogens is 541 g/mol. The minimum Gasteiger partial charge on any atom is -0.491 e. The van der Waals surface area contributed by atoms with Gasteiger partial charge in [0.1, 0.15) is 19.0 Å². The van der Waals surface area contributed by atoms with Gasteiger partial charge < -0.3 is 9.47 Å². The predicted octanol–water partition coefficient (Wildman–Crippen LogP) is 8.15. The van der Waals surface area contributed by atoms with Gasteiger partial charge in [0.05, 0.1) is 21.5 Å². The number of ether oxygens (including phenoxy) is 2. The van der Waals surface area contributed by atoms with E-state index in [-0.39, 0.29) is 24.3 Å². The zero-order valence-electron chi connectivity index (χ0n) is 20.4. The van der Waals surface area contributed by atoms with Crippen molar-refractivity contribution in [2.24, 2.45) is 0 Å². The van der Waals surface area contributed by atoms with Crippen molar-refractivity contribution in [1.29, 1.82) is 0 Å². The lowest BCUT2D eigenvalue weighted by Crippen LogP contribution is -2.32. The molecule has 8 heteroatoms. The molecular formula is C30H23Cl2NO4S. The largest absolute Gasteiger partial charge is 0.491 e. The summed E-state index contributed by atoms with van der Waals surface area (Å²) < 4.78 is 11.8. The topological polar surface area (TPSA) is 55.8 Å². The van der Waals surface area contributed by atoms with Crippen LogP contribution in [0.5, 0.6) is 11.5 Å². The lowest BCUT2D eigenvalue weighted by Gasteiger charge is -2.14. The molecule has 2 amide bonds. The average molecular weight is 564 g/mol. The quantitative estimate of drug-likeness (QED) is 0.202. The number of fused-ring (bicyclic) bond motifs is 1. The molecule has 0 saturated carbocycles. The normalized spacial score (nSPS) is 14.5. The van der Waals surface area contributed by atoms with E-state index in [1.807, 2.05) is 73.7 Å². The number of amides is 2. The van der Waals surface area contributed by atoms with Crippen LogP contribution in [0.25, 0.3) is 16.8 Å². The van der Waals surface area contributed by atoms with Crippen molar-refractivity contribution >= 4 is 63.0 Å². The molecule has 4 aromatic rings. The third-order valence-electron chi connectivity index (χ3n) is 5.98. The van der Waals surface area contributed by atoms with Crippen LogP contribution in [0.15, 0.2) is 83.8 Å². The maximum Gasteiger partial charge on any atom is 0.293 e. The van der Waals surface area contributed by atoms with Gasteiger partial charge in [-0.1, -0.05) is 89.4 Å². The van der Waals surface area contributed by atoms with Crippen LogP contribution < -0.4 is 9.47 Å². The minimum absolute atomic E-state index is 0.137. The molecule has 0 spiro atoms. The minimum atomic E-state index is -0.381. The van der Waals surface area contributed by atoms with E-state index in [4.69, 9.17) is 32.7 Å². The summed E-state index contributed by atoms with van der Waals surface area (Å²) in [7, 11) is 0. The van der Waals surface area contributed by atoms with Crippen molar-refractivity contribution in [2.45, 2.75) is 13.5 Å². The first-order valence-electron chi connectivity index (χ1n) is 11.9. The highest BCUT2D eigenvalue weighted by Gasteiger charge is 2.35. The fourth-order valence-corrected chi connectivity index (χ4v) is 5.65. The molecule has 0 N–H and O–H groups in total. The molecule has 0 atom stereocenters. The molecule has 192 valence electrons. The molecule has 38 heavy (non-hydrogen) atoms. The Morgan fingerprint density at radius 2 is 1.63 bits per heavy atom. The van der Waals surface area contributed by atoms with Gasteiger partial charge in [-0.2, -0.15) is 0 Å². The van der Waals surface area contributed by atoms with Gasteiger partial charge in [-0.25, -0.2) is 0 Å². The van der Waals surface area contributed by atoms with E-state index < -0.39 is 0 Å². The van der Waals surface area contributed by atoms with E-state index in [0.29, 0.717) is 38.6 Å². The Bertz CT molecular complexity index is 1540. The Balaban J connectivity index is 1.24. The van der Waals surface area contributed by atoms with Crippen molar-refractivity contribution in [3.63, 3.8) is 0 Å². The monoisotopic (exact) mass is 563 g/mol. The van der Waals surface area contributed by atoms with Crippen molar-refractivity contribution < 1.29 is 19.1 Å². The number of benzene rings is 4. The summed E-state index contributed by atoms with van der Waals surface area (Å²) in [6.45, 7) is 2.65. The van der Waals surface area contributed by atoms with Gasteiger partial charge >= 0.3 is 0 Å². The number of carbonyl (C=O) groups excluding carboxylic acids is 2. The van der Waals surface area contributed by atoms with E-state index in [1.54, 1.807) is 18.2 Å². The van der Waals surface area contributed by atoms with Crippen LogP contribution in [0.4, 0.5) is 4.79 Å². The third kappa shape index (κ3) is 5.83. The highest BCUT2D eigenvalue weighted by atomic mass is 35.5. The number of halogens is 2. The Labute approximate surface area is 234 Å². The molecule has 4 aromatic carbocycles. The fraction of sp³-hybridized carbons (Fsp3) is 0.133.